The van der Waals surface area contributed by atoms with Crippen LogP contribution in [0, 0.1) is 11.3 Å². The van der Waals surface area contributed by atoms with E-state index in [-0.39, 0.29) is 0 Å². The van der Waals surface area contributed by atoms with Gasteiger partial charge in [-0.3, -0.25) is 0 Å². The molecule has 70 valence electrons. The van der Waals surface area contributed by atoms with Gasteiger partial charge in [0.25, 0.3) is 0 Å². The highest BCUT2D eigenvalue weighted by atomic mass is 15.1. The Morgan fingerprint density at radius 2 is 2.08 bits per heavy atom. The molecule has 2 atom stereocenters. The molecule has 0 unspecified atom stereocenters. The van der Waals surface area contributed by atoms with Crippen LogP contribution >= 0.6 is 0 Å². The third-order valence-corrected chi connectivity index (χ3v) is 4.13. The number of hydrogen-bond acceptors (Lipinski definition) is 1. The zero-order chi connectivity index (χ0) is 8.60. The molecule has 0 N–H and O–H groups in total. The third-order valence-electron chi connectivity index (χ3n) is 4.13. The van der Waals surface area contributed by atoms with Crippen molar-refractivity contribution in [1.29, 1.82) is 0 Å². The molecule has 1 saturated carbocycles. The molecule has 0 aromatic rings. The summed E-state index contributed by atoms with van der Waals surface area (Å²) in [4.78, 5) is 2.51. The van der Waals surface area contributed by atoms with E-state index in [1.165, 1.54) is 45.2 Å². The van der Waals surface area contributed by atoms with Gasteiger partial charge >= 0.3 is 0 Å². The molecule has 0 aromatic carbocycles. The smallest absolute Gasteiger partial charge is 0.00118 e. The van der Waals surface area contributed by atoms with E-state index in [2.05, 4.69) is 18.9 Å². The zero-order valence-corrected chi connectivity index (χ0v) is 8.47. The fourth-order valence-electron chi connectivity index (χ4n) is 3.03. The van der Waals surface area contributed by atoms with Crippen LogP contribution in [0.25, 0.3) is 0 Å². The van der Waals surface area contributed by atoms with E-state index in [4.69, 9.17) is 0 Å². The quantitative estimate of drug-likeness (QED) is 0.536. The maximum Gasteiger partial charge on any atom is 0.00118 e. The van der Waals surface area contributed by atoms with E-state index >= 15 is 0 Å². The van der Waals surface area contributed by atoms with Crippen LogP contribution in [0.3, 0.4) is 0 Å². The molecular weight excluding hydrogens is 146 g/mol. The van der Waals surface area contributed by atoms with Crippen molar-refractivity contribution in [3.8, 4) is 0 Å². The van der Waals surface area contributed by atoms with Gasteiger partial charge in [-0.05, 0) is 44.2 Å². The number of piperidine rings is 1. The van der Waals surface area contributed by atoms with Crippen molar-refractivity contribution in [2.75, 3.05) is 20.1 Å². The van der Waals surface area contributed by atoms with Gasteiger partial charge in [-0.2, -0.15) is 0 Å². The molecule has 2 aliphatic rings. The van der Waals surface area contributed by atoms with Crippen LogP contribution < -0.4 is 0 Å². The monoisotopic (exact) mass is 167 g/mol. The highest BCUT2D eigenvalue weighted by Gasteiger charge is 2.39. The van der Waals surface area contributed by atoms with Crippen LogP contribution in [0.4, 0.5) is 0 Å². The Labute approximate surface area is 76.1 Å². The van der Waals surface area contributed by atoms with Crippen LogP contribution in [0.2, 0.25) is 0 Å². The largest absolute Gasteiger partial charge is 0.306 e. The summed E-state index contributed by atoms with van der Waals surface area (Å²) in [6.45, 7) is 5.20. The number of fused-ring (bicyclic) bond motifs is 1. The van der Waals surface area contributed by atoms with Crippen molar-refractivity contribution in [2.45, 2.75) is 39.0 Å². The minimum absolute atomic E-state index is 0.713. The van der Waals surface area contributed by atoms with Crippen LogP contribution in [-0.2, 0) is 0 Å². The predicted octanol–water partition coefficient (Wildman–Crippen LogP) is 2.52. The average Bonchev–Trinajstić information content (AvgIpc) is 2.06. The first kappa shape index (κ1) is 8.55. The van der Waals surface area contributed by atoms with Gasteiger partial charge in [-0.1, -0.05) is 19.8 Å². The number of rotatable bonds is 0. The van der Waals surface area contributed by atoms with E-state index in [0.717, 1.165) is 5.92 Å². The number of nitrogens with zero attached hydrogens (tertiary/aromatic N) is 1. The van der Waals surface area contributed by atoms with Crippen LogP contribution in [0.5, 0.6) is 0 Å². The van der Waals surface area contributed by atoms with Gasteiger partial charge in [-0.15, -0.1) is 0 Å². The molecule has 1 aliphatic carbocycles. The molecule has 2 fully saturated rings. The van der Waals surface area contributed by atoms with E-state index in [0.29, 0.717) is 5.41 Å². The topological polar surface area (TPSA) is 3.24 Å². The molecule has 1 heteroatoms. The van der Waals surface area contributed by atoms with Crippen LogP contribution in [0.15, 0.2) is 0 Å². The molecule has 1 saturated heterocycles. The lowest BCUT2D eigenvalue weighted by atomic mass is 9.64. The van der Waals surface area contributed by atoms with Crippen molar-refractivity contribution < 1.29 is 0 Å². The number of likely N-dealkylation sites (tertiary alicyclic amines) is 1. The van der Waals surface area contributed by atoms with Crippen molar-refractivity contribution >= 4 is 0 Å². The first-order chi connectivity index (χ1) is 5.71. The Balaban J connectivity index is 2.06. The lowest BCUT2D eigenvalue weighted by molar-refractivity contribution is 0.0238. The summed E-state index contributed by atoms with van der Waals surface area (Å²) in [7, 11) is 2.27. The van der Waals surface area contributed by atoms with Gasteiger partial charge in [0.2, 0.25) is 0 Å². The Kier molecular flexibility index (Phi) is 2.16. The lowest BCUT2D eigenvalue weighted by Gasteiger charge is -2.48. The fourth-order valence-corrected chi connectivity index (χ4v) is 3.03. The molecule has 0 radical (unpaired) electrons. The first-order valence-electron chi connectivity index (χ1n) is 5.39. The zero-order valence-electron chi connectivity index (χ0n) is 8.47. The highest BCUT2D eigenvalue weighted by Crippen LogP contribution is 2.46. The van der Waals surface area contributed by atoms with Gasteiger partial charge < -0.3 is 4.90 Å². The van der Waals surface area contributed by atoms with Crippen molar-refractivity contribution in [3.63, 3.8) is 0 Å². The van der Waals surface area contributed by atoms with Crippen LogP contribution in [0.1, 0.15) is 39.0 Å². The first-order valence-corrected chi connectivity index (χ1v) is 5.39. The maximum atomic E-state index is 2.52. The third kappa shape index (κ3) is 1.39. The second-order valence-corrected chi connectivity index (χ2v) is 5.11. The molecule has 2 rings (SSSR count). The van der Waals surface area contributed by atoms with E-state index < -0.39 is 0 Å². The summed E-state index contributed by atoms with van der Waals surface area (Å²) < 4.78 is 0. The Bertz CT molecular complexity index is 166. The van der Waals surface area contributed by atoms with Gasteiger partial charge in [-0.25, -0.2) is 0 Å². The molecular formula is C11H21N. The van der Waals surface area contributed by atoms with Crippen molar-refractivity contribution in [3.05, 3.63) is 0 Å². The van der Waals surface area contributed by atoms with Gasteiger partial charge in [0.1, 0.15) is 0 Å². The van der Waals surface area contributed by atoms with Crippen molar-refractivity contribution in [2.24, 2.45) is 11.3 Å². The summed E-state index contributed by atoms with van der Waals surface area (Å²) in [6.07, 6.45) is 7.38. The molecule has 0 aromatic heterocycles. The minimum Gasteiger partial charge on any atom is -0.306 e. The summed E-state index contributed by atoms with van der Waals surface area (Å²) in [5.41, 5.74) is 0.713. The summed E-state index contributed by atoms with van der Waals surface area (Å²) in [6, 6.07) is 0. The Morgan fingerprint density at radius 3 is 2.92 bits per heavy atom. The second kappa shape index (κ2) is 3.02. The van der Waals surface area contributed by atoms with E-state index in [1.807, 2.05) is 0 Å². The SMILES string of the molecule is CN1CC[C@]2(C)CCCC[C@H]2C1. The second-order valence-electron chi connectivity index (χ2n) is 5.11. The molecule has 1 aliphatic heterocycles. The molecule has 0 bridgehead atoms. The molecule has 1 nitrogen and oxygen atoms in total. The molecule has 12 heavy (non-hydrogen) atoms. The average molecular weight is 167 g/mol. The normalized spacial score (nSPS) is 44.0. The molecule has 1 heterocycles. The van der Waals surface area contributed by atoms with Gasteiger partial charge in [0.05, 0.1) is 0 Å². The van der Waals surface area contributed by atoms with E-state index in [9.17, 15) is 0 Å². The van der Waals surface area contributed by atoms with Crippen molar-refractivity contribution in [1.82, 2.24) is 4.90 Å². The van der Waals surface area contributed by atoms with Gasteiger partial charge in [0, 0.05) is 6.54 Å². The molecule has 0 amide bonds. The minimum atomic E-state index is 0.713. The Morgan fingerprint density at radius 1 is 1.25 bits per heavy atom. The summed E-state index contributed by atoms with van der Waals surface area (Å²) >= 11 is 0. The summed E-state index contributed by atoms with van der Waals surface area (Å²) in [5, 5.41) is 0. The summed E-state index contributed by atoms with van der Waals surface area (Å²) in [5.74, 6) is 1.00. The standard InChI is InChI=1S/C11H21N/c1-11-6-4-3-5-10(11)9-12(2)8-7-11/h10H,3-9H2,1-2H3/t10-,11-/m0/s1. The maximum absolute atomic E-state index is 2.52. The van der Waals surface area contributed by atoms with Crippen LogP contribution in [-0.4, -0.2) is 25.0 Å². The van der Waals surface area contributed by atoms with E-state index in [1.54, 1.807) is 0 Å². The lowest BCUT2D eigenvalue weighted by Crippen LogP contribution is -2.45. The predicted molar refractivity (Wildman–Crippen MR) is 52.2 cm³/mol. The van der Waals surface area contributed by atoms with Gasteiger partial charge in [0.15, 0.2) is 0 Å². The fraction of sp³-hybridized carbons (Fsp3) is 1.00. The molecule has 0 spiro atoms. The Hall–Kier alpha value is -0.0400. The highest BCUT2D eigenvalue weighted by molar-refractivity contribution is 4.91. The number of hydrogen-bond donors (Lipinski definition) is 0.